The van der Waals surface area contributed by atoms with E-state index < -0.39 is 6.04 Å². The van der Waals surface area contributed by atoms with Crippen LogP contribution in [0.4, 0.5) is 5.69 Å². The van der Waals surface area contributed by atoms with Gasteiger partial charge in [0.25, 0.3) is 0 Å². The van der Waals surface area contributed by atoms with Crippen molar-refractivity contribution < 1.29 is 14.0 Å². The second-order valence-corrected chi connectivity index (χ2v) is 8.18. The number of hydrogen-bond donors (Lipinski definition) is 1. The molecule has 4 rings (SSSR count). The van der Waals surface area contributed by atoms with E-state index in [0.717, 1.165) is 29.7 Å². The quantitative estimate of drug-likeness (QED) is 0.887. The van der Waals surface area contributed by atoms with Gasteiger partial charge in [0.1, 0.15) is 11.4 Å². The fraction of sp³-hybridized carbons (Fsp3) is 0.400. The summed E-state index contributed by atoms with van der Waals surface area (Å²) in [5.41, 5.74) is 4.02. The Bertz CT molecular complexity index is 830. The van der Waals surface area contributed by atoms with E-state index in [1.807, 2.05) is 38.1 Å². The molecule has 26 heavy (non-hydrogen) atoms. The summed E-state index contributed by atoms with van der Waals surface area (Å²) in [6.45, 7) is 4.06. The highest BCUT2D eigenvalue weighted by atomic mass is 32.2. The zero-order valence-corrected chi connectivity index (χ0v) is 15.7. The molecule has 136 valence electrons. The Kier molecular flexibility index (Phi) is 4.53. The van der Waals surface area contributed by atoms with Gasteiger partial charge in [0.2, 0.25) is 11.8 Å². The number of rotatable bonds is 4. The van der Waals surface area contributed by atoms with E-state index in [1.54, 1.807) is 29.2 Å². The molecule has 2 heterocycles. The number of hydrogen-bond acceptors (Lipinski definition) is 4. The minimum Gasteiger partial charge on any atom is -0.472 e. The van der Waals surface area contributed by atoms with Gasteiger partial charge in [-0.3, -0.25) is 9.59 Å². The van der Waals surface area contributed by atoms with Crippen molar-refractivity contribution in [3.8, 4) is 0 Å². The van der Waals surface area contributed by atoms with E-state index in [-0.39, 0.29) is 23.1 Å². The van der Waals surface area contributed by atoms with Gasteiger partial charge >= 0.3 is 0 Å². The first-order valence-electron chi connectivity index (χ1n) is 8.88. The molecule has 2 amide bonds. The van der Waals surface area contributed by atoms with E-state index in [9.17, 15) is 9.59 Å². The first-order chi connectivity index (χ1) is 12.5. The normalized spacial score (nSPS) is 22.5. The molecule has 2 fully saturated rings. The van der Waals surface area contributed by atoms with Crippen LogP contribution in [0.1, 0.15) is 34.9 Å². The number of nitrogens with zero attached hydrogens (tertiary/aromatic N) is 1. The highest BCUT2D eigenvalue weighted by Crippen LogP contribution is 2.45. The number of carbonyl (C=O) groups excluding carboxylic acids is 2. The summed E-state index contributed by atoms with van der Waals surface area (Å²) in [4.78, 5) is 27.6. The maximum Gasteiger partial charge on any atom is 0.248 e. The fourth-order valence-corrected chi connectivity index (χ4v) is 4.65. The highest BCUT2D eigenvalue weighted by molar-refractivity contribution is 7.99. The number of nitrogens with one attached hydrogen (secondary N) is 1. The van der Waals surface area contributed by atoms with Crippen molar-refractivity contribution in [2.75, 3.05) is 11.1 Å². The lowest BCUT2D eigenvalue weighted by Gasteiger charge is -2.28. The van der Waals surface area contributed by atoms with E-state index in [1.165, 1.54) is 5.56 Å². The van der Waals surface area contributed by atoms with Crippen LogP contribution in [0, 0.1) is 19.8 Å². The molecule has 1 N–H and O–H groups in total. The standard InChI is InChI=1S/C20H22N2O3S/c1-12-3-6-16(9-13(12)2)21-18(23)17-11-26-20(15-7-8-25-10-15)22(17)19(24)14-4-5-14/h3,6-10,14,17,20H,4-5,11H2,1-2H3,(H,21,23). The highest BCUT2D eigenvalue weighted by Gasteiger charge is 2.46. The van der Waals surface area contributed by atoms with Crippen LogP contribution < -0.4 is 5.32 Å². The molecule has 0 radical (unpaired) electrons. The molecule has 2 atom stereocenters. The number of carbonyl (C=O) groups is 2. The first-order valence-corrected chi connectivity index (χ1v) is 9.93. The molecule has 6 heteroatoms. The molecule has 1 aliphatic heterocycles. The topological polar surface area (TPSA) is 62.6 Å². The average molecular weight is 370 g/mol. The molecule has 0 spiro atoms. The van der Waals surface area contributed by atoms with Gasteiger partial charge in [-0.05, 0) is 56.0 Å². The molecule has 2 unspecified atom stereocenters. The van der Waals surface area contributed by atoms with Crippen LogP contribution in [0.2, 0.25) is 0 Å². The summed E-state index contributed by atoms with van der Waals surface area (Å²) in [5, 5.41) is 2.84. The number of furan rings is 1. The maximum atomic E-state index is 12.9. The summed E-state index contributed by atoms with van der Waals surface area (Å²) >= 11 is 1.62. The third kappa shape index (κ3) is 3.26. The van der Waals surface area contributed by atoms with Crippen molar-refractivity contribution in [3.63, 3.8) is 0 Å². The Morgan fingerprint density at radius 1 is 1.19 bits per heavy atom. The molecular weight excluding hydrogens is 348 g/mol. The summed E-state index contributed by atoms with van der Waals surface area (Å²) in [7, 11) is 0. The average Bonchev–Trinajstić information content (AvgIpc) is 3.15. The van der Waals surface area contributed by atoms with Crippen molar-refractivity contribution in [2.45, 2.75) is 38.1 Å². The Balaban J connectivity index is 1.56. The van der Waals surface area contributed by atoms with Crippen LogP contribution in [0.15, 0.2) is 41.2 Å². The lowest BCUT2D eigenvalue weighted by atomic mass is 10.1. The molecule has 0 bridgehead atoms. The Hall–Kier alpha value is -2.21. The predicted octanol–water partition coefficient (Wildman–Crippen LogP) is 3.89. The second-order valence-electron chi connectivity index (χ2n) is 7.07. The summed E-state index contributed by atoms with van der Waals surface area (Å²) in [6, 6.07) is 7.28. The van der Waals surface area contributed by atoms with Crippen LogP contribution in [-0.2, 0) is 9.59 Å². The summed E-state index contributed by atoms with van der Waals surface area (Å²) < 4.78 is 5.19. The van der Waals surface area contributed by atoms with Gasteiger partial charge in [-0.2, -0.15) is 0 Å². The van der Waals surface area contributed by atoms with Crippen LogP contribution in [0.5, 0.6) is 0 Å². The SMILES string of the molecule is Cc1ccc(NC(=O)C2CSC(c3ccoc3)N2C(=O)C2CC2)cc1C. The van der Waals surface area contributed by atoms with Crippen molar-refractivity contribution in [1.82, 2.24) is 4.90 Å². The zero-order chi connectivity index (χ0) is 18.3. The Labute approximate surface area is 157 Å². The Morgan fingerprint density at radius 2 is 2.00 bits per heavy atom. The van der Waals surface area contributed by atoms with Crippen LogP contribution in [0.3, 0.4) is 0 Å². The molecule has 1 aromatic heterocycles. The number of aryl methyl sites for hydroxylation is 2. The fourth-order valence-electron chi connectivity index (χ4n) is 3.24. The molecule has 1 aromatic carbocycles. The first kappa shape index (κ1) is 17.2. The van der Waals surface area contributed by atoms with E-state index in [2.05, 4.69) is 5.32 Å². The van der Waals surface area contributed by atoms with Gasteiger partial charge in [-0.15, -0.1) is 11.8 Å². The Morgan fingerprint density at radius 3 is 2.65 bits per heavy atom. The largest absolute Gasteiger partial charge is 0.472 e. The molecular formula is C20H22N2O3S. The minimum atomic E-state index is -0.463. The van der Waals surface area contributed by atoms with Crippen LogP contribution >= 0.6 is 11.8 Å². The van der Waals surface area contributed by atoms with Gasteiger partial charge in [-0.25, -0.2) is 0 Å². The zero-order valence-electron chi connectivity index (χ0n) is 14.9. The van der Waals surface area contributed by atoms with Gasteiger partial charge < -0.3 is 14.6 Å². The number of anilines is 1. The number of amides is 2. The number of benzene rings is 1. The summed E-state index contributed by atoms with van der Waals surface area (Å²) in [5.74, 6) is 0.618. The van der Waals surface area contributed by atoms with Gasteiger partial charge in [0.15, 0.2) is 0 Å². The molecule has 1 saturated heterocycles. The van der Waals surface area contributed by atoms with Gasteiger partial charge in [0.05, 0.1) is 12.5 Å². The molecule has 1 saturated carbocycles. The smallest absolute Gasteiger partial charge is 0.248 e. The van der Waals surface area contributed by atoms with Crippen molar-refractivity contribution in [1.29, 1.82) is 0 Å². The van der Waals surface area contributed by atoms with E-state index >= 15 is 0 Å². The lowest BCUT2D eigenvalue weighted by molar-refractivity contribution is -0.139. The van der Waals surface area contributed by atoms with Crippen molar-refractivity contribution >= 4 is 29.3 Å². The molecule has 2 aliphatic rings. The van der Waals surface area contributed by atoms with Crippen LogP contribution in [0.25, 0.3) is 0 Å². The van der Waals surface area contributed by atoms with Crippen LogP contribution in [-0.4, -0.2) is 28.5 Å². The van der Waals surface area contributed by atoms with Gasteiger partial charge in [-0.1, -0.05) is 6.07 Å². The minimum absolute atomic E-state index is 0.0695. The van der Waals surface area contributed by atoms with Crippen molar-refractivity contribution in [2.24, 2.45) is 5.92 Å². The maximum absolute atomic E-state index is 12.9. The number of thioether (sulfide) groups is 1. The van der Waals surface area contributed by atoms with E-state index in [4.69, 9.17) is 4.42 Å². The molecule has 1 aliphatic carbocycles. The summed E-state index contributed by atoms with van der Waals surface area (Å²) in [6.07, 6.45) is 5.11. The third-order valence-electron chi connectivity index (χ3n) is 5.09. The molecule has 5 nitrogen and oxygen atoms in total. The second kappa shape index (κ2) is 6.83. The predicted molar refractivity (Wildman–Crippen MR) is 102 cm³/mol. The molecule has 2 aromatic rings. The lowest BCUT2D eigenvalue weighted by Crippen LogP contribution is -2.46. The van der Waals surface area contributed by atoms with Gasteiger partial charge in [0, 0.05) is 22.9 Å². The van der Waals surface area contributed by atoms with Crippen molar-refractivity contribution in [3.05, 3.63) is 53.5 Å². The third-order valence-corrected chi connectivity index (χ3v) is 6.41. The van der Waals surface area contributed by atoms with E-state index in [0.29, 0.717) is 5.75 Å². The monoisotopic (exact) mass is 370 g/mol.